The molecule has 0 spiro atoms. The van der Waals surface area contributed by atoms with Crippen LogP contribution in [0.4, 0.5) is 13.2 Å². The van der Waals surface area contributed by atoms with Gasteiger partial charge in [-0.3, -0.25) is 9.69 Å². The molecule has 0 atom stereocenters. The van der Waals surface area contributed by atoms with E-state index in [0.29, 0.717) is 29.4 Å². The van der Waals surface area contributed by atoms with E-state index in [-0.39, 0.29) is 30.0 Å². The lowest BCUT2D eigenvalue weighted by molar-refractivity contribution is -0.154. The Labute approximate surface area is 209 Å². The molecular weight excluding hydrogens is 491 g/mol. The Kier molecular flexibility index (Phi) is 6.43. The Balaban J connectivity index is 1.54. The molecule has 0 amide bonds. The summed E-state index contributed by atoms with van der Waals surface area (Å²) in [4.78, 5) is 15.2. The Hall–Kier alpha value is -4.18. The summed E-state index contributed by atoms with van der Waals surface area (Å²) < 4.78 is 69.0. The molecule has 0 saturated heterocycles. The number of hydrogen-bond donors (Lipinski definition) is 0. The van der Waals surface area contributed by atoms with E-state index >= 15 is 0 Å². The molecule has 0 saturated carbocycles. The minimum absolute atomic E-state index is 0.0323. The van der Waals surface area contributed by atoms with Crippen LogP contribution in [-0.2, 0) is 19.3 Å². The predicted octanol–water partition coefficient (Wildman–Crippen LogP) is 5.97. The molecule has 1 aliphatic rings. The summed E-state index contributed by atoms with van der Waals surface area (Å²) in [5, 5.41) is -0.0369. The van der Waals surface area contributed by atoms with Gasteiger partial charge >= 0.3 is 6.18 Å². The summed E-state index contributed by atoms with van der Waals surface area (Å²) in [5.41, 5.74) is 0.201. The van der Waals surface area contributed by atoms with Crippen LogP contribution < -0.4 is 24.4 Å². The van der Waals surface area contributed by atoms with Crippen molar-refractivity contribution in [2.24, 2.45) is 0 Å². The number of nitrogens with zero attached hydrogens (tertiary/aromatic N) is 1. The lowest BCUT2D eigenvalue weighted by Crippen LogP contribution is -2.32. The summed E-state index contributed by atoms with van der Waals surface area (Å²) >= 11 is 0. The highest BCUT2D eigenvalue weighted by Crippen LogP contribution is 2.41. The number of halogens is 3. The number of alkyl halides is 3. The highest BCUT2D eigenvalue weighted by molar-refractivity contribution is 5.84. The summed E-state index contributed by atoms with van der Waals surface area (Å²) in [5.74, 6) is -0.856. The maximum atomic E-state index is 14.1. The van der Waals surface area contributed by atoms with Crippen molar-refractivity contribution >= 4 is 11.0 Å². The number of methoxy groups -OCH3 is 2. The summed E-state index contributed by atoms with van der Waals surface area (Å²) in [6.45, 7) is 0.909. The molecule has 0 radical (unpaired) electrons. The van der Waals surface area contributed by atoms with Crippen LogP contribution in [0.5, 0.6) is 28.7 Å². The predicted molar refractivity (Wildman–Crippen MR) is 128 cm³/mol. The Bertz CT molecular complexity index is 1480. The Morgan fingerprint density at radius 1 is 0.892 bits per heavy atom. The van der Waals surface area contributed by atoms with Gasteiger partial charge < -0.3 is 23.4 Å². The molecule has 3 aromatic carbocycles. The number of ether oxygens (including phenoxy) is 4. The van der Waals surface area contributed by atoms with Crippen molar-refractivity contribution in [1.82, 2.24) is 4.90 Å². The minimum Gasteiger partial charge on any atom is -0.497 e. The van der Waals surface area contributed by atoms with Gasteiger partial charge in [-0.05, 0) is 54.1 Å². The molecule has 1 aliphatic heterocycles. The van der Waals surface area contributed by atoms with Gasteiger partial charge in [0.2, 0.25) is 11.2 Å². The lowest BCUT2D eigenvalue weighted by atomic mass is 10.1. The second-order valence-corrected chi connectivity index (χ2v) is 8.39. The maximum Gasteiger partial charge on any atom is 0.453 e. The first-order valence-corrected chi connectivity index (χ1v) is 11.3. The molecule has 0 unspecified atom stereocenters. The van der Waals surface area contributed by atoms with E-state index in [0.717, 1.165) is 5.56 Å². The van der Waals surface area contributed by atoms with Crippen LogP contribution in [0.15, 0.2) is 69.9 Å². The fourth-order valence-corrected chi connectivity index (χ4v) is 4.13. The van der Waals surface area contributed by atoms with Crippen LogP contribution in [0.2, 0.25) is 0 Å². The molecule has 0 fully saturated rings. The van der Waals surface area contributed by atoms with Crippen LogP contribution in [0.3, 0.4) is 0 Å². The molecule has 37 heavy (non-hydrogen) atoms. The van der Waals surface area contributed by atoms with E-state index in [1.165, 1.54) is 37.4 Å². The molecule has 0 N–H and O–H groups in total. The normalized spacial score (nSPS) is 13.6. The average Bonchev–Trinajstić information content (AvgIpc) is 2.90. The quantitative estimate of drug-likeness (QED) is 0.315. The number of hydrogen-bond acceptors (Lipinski definition) is 7. The van der Waals surface area contributed by atoms with Gasteiger partial charge in [0.15, 0.2) is 0 Å². The third-order valence-electron chi connectivity index (χ3n) is 5.97. The summed E-state index contributed by atoms with van der Waals surface area (Å²) in [6, 6.07) is 16.2. The van der Waals surface area contributed by atoms with Gasteiger partial charge in [-0.15, -0.1) is 0 Å². The first-order chi connectivity index (χ1) is 17.8. The standard InChI is InChI=1S/C27H22F3NO6/c1-33-17-5-3-16(4-6-17)13-31-14-21-22(35-15-31)12-11-20-23(32)25(26(27(28,29)30)37-24(20)21)36-19-9-7-18(34-2)8-10-19/h3-12H,13-15H2,1-2H3. The molecule has 192 valence electrons. The maximum absolute atomic E-state index is 14.1. The highest BCUT2D eigenvalue weighted by Gasteiger charge is 2.41. The molecular formula is C27H22F3NO6. The second-order valence-electron chi connectivity index (χ2n) is 8.39. The first kappa shape index (κ1) is 24.5. The van der Waals surface area contributed by atoms with Gasteiger partial charge in [-0.1, -0.05) is 12.1 Å². The lowest BCUT2D eigenvalue weighted by Gasteiger charge is -2.29. The third kappa shape index (κ3) is 4.92. The van der Waals surface area contributed by atoms with Gasteiger partial charge in [-0.2, -0.15) is 13.2 Å². The SMILES string of the molecule is COc1ccc(CN2COc3ccc4c(=O)c(Oc5ccc(OC)cc5)c(C(F)(F)F)oc4c3C2)cc1. The van der Waals surface area contributed by atoms with Gasteiger partial charge in [0, 0.05) is 13.1 Å². The zero-order valence-corrected chi connectivity index (χ0v) is 19.9. The average molecular weight is 513 g/mol. The van der Waals surface area contributed by atoms with Crippen molar-refractivity contribution in [2.75, 3.05) is 21.0 Å². The van der Waals surface area contributed by atoms with Gasteiger partial charge in [0.05, 0.1) is 25.2 Å². The van der Waals surface area contributed by atoms with E-state index in [1.54, 1.807) is 13.2 Å². The number of benzene rings is 3. The molecule has 4 aromatic rings. The van der Waals surface area contributed by atoms with Gasteiger partial charge in [-0.25, -0.2) is 0 Å². The molecule has 10 heteroatoms. The number of rotatable bonds is 6. The van der Waals surface area contributed by atoms with Crippen molar-refractivity contribution in [3.8, 4) is 28.7 Å². The van der Waals surface area contributed by atoms with Gasteiger partial charge in [0.25, 0.3) is 5.76 Å². The molecule has 2 heterocycles. The molecule has 5 rings (SSSR count). The molecule has 7 nitrogen and oxygen atoms in total. The van der Waals surface area contributed by atoms with E-state index in [2.05, 4.69) is 0 Å². The van der Waals surface area contributed by atoms with Crippen molar-refractivity contribution in [3.63, 3.8) is 0 Å². The smallest absolute Gasteiger partial charge is 0.453 e. The van der Waals surface area contributed by atoms with Crippen molar-refractivity contribution < 1.29 is 36.5 Å². The van der Waals surface area contributed by atoms with Crippen molar-refractivity contribution in [2.45, 2.75) is 19.3 Å². The van der Waals surface area contributed by atoms with E-state index in [4.69, 9.17) is 23.4 Å². The molecule has 0 aliphatic carbocycles. The third-order valence-corrected chi connectivity index (χ3v) is 5.97. The molecule has 1 aromatic heterocycles. The largest absolute Gasteiger partial charge is 0.497 e. The number of fused-ring (bicyclic) bond motifs is 3. The van der Waals surface area contributed by atoms with E-state index < -0.39 is 23.1 Å². The first-order valence-electron chi connectivity index (χ1n) is 11.3. The topological polar surface area (TPSA) is 70.4 Å². The zero-order chi connectivity index (χ0) is 26.2. The summed E-state index contributed by atoms with van der Waals surface area (Å²) in [6.07, 6.45) is -4.98. The monoisotopic (exact) mass is 513 g/mol. The van der Waals surface area contributed by atoms with Crippen LogP contribution in [0, 0.1) is 0 Å². The van der Waals surface area contributed by atoms with Crippen molar-refractivity contribution in [1.29, 1.82) is 0 Å². The van der Waals surface area contributed by atoms with E-state index in [1.807, 2.05) is 29.2 Å². The fourth-order valence-electron chi connectivity index (χ4n) is 4.13. The van der Waals surface area contributed by atoms with Crippen molar-refractivity contribution in [3.05, 3.63) is 87.8 Å². The van der Waals surface area contributed by atoms with Crippen LogP contribution in [-0.4, -0.2) is 25.9 Å². The molecule has 0 bridgehead atoms. The summed E-state index contributed by atoms with van der Waals surface area (Å²) in [7, 11) is 3.03. The van der Waals surface area contributed by atoms with Crippen LogP contribution in [0.25, 0.3) is 11.0 Å². The second kappa shape index (κ2) is 9.70. The van der Waals surface area contributed by atoms with E-state index in [9.17, 15) is 18.0 Å². The highest BCUT2D eigenvalue weighted by atomic mass is 19.4. The van der Waals surface area contributed by atoms with Gasteiger partial charge in [0.1, 0.15) is 35.3 Å². The minimum atomic E-state index is -4.98. The van der Waals surface area contributed by atoms with Crippen LogP contribution >= 0.6 is 0 Å². The fraction of sp³-hybridized carbons (Fsp3) is 0.222. The Morgan fingerprint density at radius 2 is 1.51 bits per heavy atom. The Morgan fingerprint density at radius 3 is 2.14 bits per heavy atom. The zero-order valence-electron chi connectivity index (χ0n) is 19.9. The van der Waals surface area contributed by atoms with Crippen LogP contribution in [0.1, 0.15) is 16.9 Å².